The van der Waals surface area contributed by atoms with Crippen LogP contribution in [0.2, 0.25) is 0 Å². The third kappa shape index (κ3) is 4.27. The Morgan fingerprint density at radius 2 is 1.76 bits per heavy atom. The van der Waals surface area contributed by atoms with Gasteiger partial charge in [0, 0.05) is 18.9 Å². The summed E-state index contributed by atoms with van der Waals surface area (Å²) in [6.45, 7) is -0.0297. The van der Waals surface area contributed by atoms with Gasteiger partial charge >= 0.3 is 12.0 Å². The second-order valence-corrected chi connectivity index (χ2v) is 4.21. The van der Waals surface area contributed by atoms with Gasteiger partial charge in [-0.3, -0.25) is 10.1 Å². The topological polar surface area (TPSA) is 104 Å². The number of carbonyl (C=O) groups is 2. The molecule has 0 radical (unpaired) electrons. The molecule has 1 aromatic carbocycles. The Kier molecular flexibility index (Phi) is 4.81. The van der Waals surface area contributed by atoms with Gasteiger partial charge in [0.15, 0.2) is 0 Å². The Bertz CT molecular complexity index is 604. The molecule has 7 nitrogen and oxygen atoms in total. The standard InChI is InChI=1S/C14H14N4O3/c19-12(20)11(10-5-2-1-3-6-10)9-17-14(21)18-13-15-7-4-8-16-13/h1-8,11H,9H2,(H,19,20)(H2,15,16,17,18,21). The molecule has 0 aliphatic heterocycles. The number of nitrogens with zero attached hydrogens (tertiary/aromatic N) is 2. The number of aromatic nitrogens is 2. The number of carboxylic acids is 1. The molecule has 1 aromatic heterocycles. The van der Waals surface area contributed by atoms with Crippen LogP contribution in [0.15, 0.2) is 48.8 Å². The first-order chi connectivity index (χ1) is 10.2. The minimum Gasteiger partial charge on any atom is -0.481 e. The number of hydrogen-bond acceptors (Lipinski definition) is 4. The zero-order valence-electron chi connectivity index (χ0n) is 11.1. The zero-order valence-corrected chi connectivity index (χ0v) is 11.1. The molecule has 1 heterocycles. The lowest BCUT2D eigenvalue weighted by Gasteiger charge is -2.13. The van der Waals surface area contributed by atoms with E-state index in [9.17, 15) is 14.7 Å². The maximum Gasteiger partial charge on any atom is 0.321 e. The molecule has 2 amide bonds. The van der Waals surface area contributed by atoms with E-state index in [1.54, 1.807) is 36.4 Å². The van der Waals surface area contributed by atoms with Crippen molar-refractivity contribution in [2.24, 2.45) is 0 Å². The highest BCUT2D eigenvalue weighted by Crippen LogP contribution is 2.14. The number of aliphatic carboxylic acids is 1. The van der Waals surface area contributed by atoms with Crippen molar-refractivity contribution in [3.8, 4) is 0 Å². The number of urea groups is 1. The lowest BCUT2D eigenvalue weighted by molar-refractivity contribution is -0.138. The smallest absolute Gasteiger partial charge is 0.321 e. The largest absolute Gasteiger partial charge is 0.481 e. The summed E-state index contributed by atoms with van der Waals surface area (Å²) >= 11 is 0. The van der Waals surface area contributed by atoms with Crippen LogP contribution < -0.4 is 10.6 Å². The number of amides is 2. The number of nitrogens with one attached hydrogen (secondary N) is 2. The summed E-state index contributed by atoms with van der Waals surface area (Å²) in [6.07, 6.45) is 2.99. The van der Waals surface area contributed by atoms with E-state index < -0.39 is 17.9 Å². The molecule has 0 saturated heterocycles. The van der Waals surface area contributed by atoms with Crippen molar-refractivity contribution in [2.75, 3.05) is 11.9 Å². The van der Waals surface area contributed by atoms with Crippen molar-refractivity contribution in [1.29, 1.82) is 0 Å². The van der Waals surface area contributed by atoms with Crippen molar-refractivity contribution < 1.29 is 14.7 Å². The highest BCUT2D eigenvalue weighted by atomic mass is 16.4. The second-order valence-electron chi connectivity index (χ2n) is 4.21. The number of carboxylic acid groups (broad SMARTS) is 1. The van der Waals surface area contributed by atoms with Gasteiger partial charge in [0.2, 0.25) is 5.95 Å². The van der Waals surface area contributed by atoms with Gasteiger partial charge < -0.3 is 10.4 Å². The van der Waals surface area contributed by atoms with Crippen LogP contribution in [0.1, 0.15) is 11.5 Å². The third-order valence-electron chi connectivity index (χ3n) is 2.76. The molecule has 0 saturated carbocycles. The summed E-state index contributed by atoms with van der Waals surface area (Å²) in [5.74, 6) is -1.66. The first kappa shape index (κ1) is 14.4. The summed E-state index contributed by atoms with van der Waals surface area (Å²) in [5, 5.41) is 14.2. The molecule has 0 spiro atoms. The Morgan fingerprint density at radius 3 is 2.38 bits per heavy atom. The molecular weight excluding hydrogens is 272 g/mol. The fraction of sp³-hybridized carbons (Fsp3) is 0.143. The molecule has 0 fully saturated rings. The SMILES string of the molecule is O=C(NCC(C(=O)O)c1ccccc1)Nc1ncccn1. The van der Waals surface area contributed by atoms with Crippen molar-refractivity contribution in [2.45, 2.75) is 5.92 Å². The van der Waals surface area contributed by atoms with Crippen LogP contribution in [-0.4, -0.2) is 33.6 Å². The van der Waals surface area contributed by atoms with Crippen LogP contribution in [-0.2, 0) is 4.79 Å². The number of hydrogen-bond donors (Lipinski definition) is 3. The average molecular weight is 286 g/mol. The van der Waals surface area contributed by atoms with E-state index in [2.05, 4.69) is 20.6 Å². The summed E-state index contributed by atoms with van der Waals surface area (Å²) < 4.78 is 0. The van der Waals surface area contributed by atoms with Gasteiger partial charge in [-0.2, -0.15) is 0 Å². The maximum absolute atomic E-state index is 11.7. The van der Waals surface area contributed by atoms with Gasteiger partial charge in [-0.25, -0.2) is 14.8 Å². The normalized spacial score (nSPS) is 11.4. The zero-order chi connectivity index (χ0) is 15.1. The van der Waals surface area contributed by atoms with Crippen molar-refractivity contribution >= 4 is 17.9 Å². The summed E-state index contributed by atoms with van der Waals surface area (Å²) in [6, 6.07) is 9.79. The molecule has 1 unspecified atom stereocenters. The molecule has 108 valence electrons. The Hall–Kier alpha value is -2.96. The van der Waals surface area contributed by atoms with E-state index in [1.807, 2.05) is 0 Å². The predicted molar refractivity (Wildman–Crippen MR) is 75.9 cm³/mol. The minimum atomic E-state index is -1.00. The van der Waals surface area contributed by atoms with Crippen LogP contribution in [0.25, 0.3) is 0 Å². The van der Waals surface area contributed by atoms with Crippen molar-refractivity contribution in [1.82, 2.24) is 15.3 Å². The molecule has 3 N–H and O–H groups in total. The van der Waals surface area contributed by atoms with E-state index in [0.29, 0.717) is 5.56 Å². The first-order valence-electron chi connectivity index (χ1n) is 6.26. The van der Waals surface area contributed by atoms with Crippen LogP contribution in [0, 0.1) is 0 Å². The second kappa shape index (κ2) is 6.99. The molecular formula is C14H14N4O3. The van der Waals surface area contributed by atoms with Crippen LogP contribution in [0.3, 0.4) is 0 Å². The lowest BCUT2D eigenvalue weighted by Crippen LogP contribution is -2.35. The molecule has 0 aliphatic carbocycles. The Morgan fingerprint density at radius 1 is 1.10 bits per heavy atom. The van der Waals surface area contributed by atoms with Gasteiger partial charge in [0.05, 0.1) is 5.92 Å². The van der Waals surface area contributed by atoms with Gasteiger partial charge in [0.25, 0.3) is 0 Å². The summed E-state index contributed by atoms with van der Waals surface area (Å²) in [5.41, 5.74) is 0.626. The van der Waals surface area contributed by atoms with E-state index >= 15 is 0 Å². The molecule has 21 heavy (non-hydrogen) atoms. The van der Waals surface area contributed by atoms with Crippen LogP contribution >= 0.6 is 0 Å². The highest BCUT2D eigenvalue weighted by Gasteiger charge is 2.20. The third-order valence-corrected chi connectivity index (χ3v) is 2.76. The number of benzene rings is 1. The van der Waals surface area contributed by atoms with Crippen LogP contribution in [0.5, 0.6) is 0 Å². The van der Waals surface area contributed by atoms with E-state index in [0.717, 1.165) is 0 Å². The Labute approximate surface area is 121 Å². The van der Waals surface area contributed by atoms with Gasteiger partial charge in [0.1, 0.15) is 0 Å². The minimum absolute atomic E-state index is 0.0297. The average Bonchev–Trinajstić information content (AvgIpc) is 2.49. The quantitative estimate of drug-likeness (QED) is 0.772. The summed E-state index contributed by atoms with van der Waals surface area (Å²) in [7, 11) is 0. The van der Waals surface area contributed by atoms with Crippen molar-refractivity contribution in [3.05, 3.63) is 54.4 Å². The van der Waals surface area contributed by atoms with Gasteiger partial charge in [-0.15, -0.1) is 0 Å². The highest BCUT2D eigenvalue weighted by molar-refractivity contribution is 5.88. The fourth-order valence-electron chi connectivity index (χ4n) is 1.74. The molecule has 0 aliphatic rings. The monoisotopic (exact) mass is 286 g/mol. The fourth-order valence-corrected chi connectivity index (χ4v) is 1.74. The molecule has 2 rings (SSSR count). The lowest BCUT2D eigenvalue weighted by atomic mass is 9.99. The Balaban J connectivity index is 1.93. The van der Waals surface area contributed by atoms with E-state index in [-0.39, 0.29) is 12.5 Å². The number of anilines is 1. The van der Waals surface area contributed by atoms with E-state index in [4.69, 9.17) is 0 Å². The van der Waals surface area contributed by atoms with Crippen molar-refractivity contribution in [3.63, 3.8) is 0 Å². The summed E-state index contributed by atoms with van der Waals surface area (Å²) in [4.78, 5) is 30.6. The van der Waals surface area contributed by atoms with Crippen LogP contribution in [0.4, 0.5) is 10.7 Å². The van der Waals surface area contributed by atoms with Gasteiger partial charge in [-0.1, -0.05) is 30.3 Å². The number of rotatable bonds is 5. The number of carbonyl (C=O) groups excluding carboxylic acids is 1. The van der Waals surface area contributed by atoms with E-state index in [1.165, 1.54) is 12.4 Å². The predicted octanol–water partition coefficient (Wildman–Crippen LogP) is 1.47. The first-order valence-corrected chi connectivity index (χ1v) is 6.26. The molecule has 7 heteroatoms. The molecule has 1 atom stereocenters. The van der Waals surface area contributed by atoms with Gasteiger partial charge in [-0.05, 0) is 11.6 Å². The molecule has 0 bridgehead atoms. The maximum atomic E-state index is 11.7. The molecule has 2 aromatic rings.